The van der Waals surface area contributed by atoms with E-state index in [1.165, 1.54) is 0 Å². The monoisotopic (exact) mass is 413 g/mol. The first-order valence-electron chi connectivity index (χ1n) is 10.8. The first-order chi connectivity index (χ1) is 14.7. The molecule has 0 radical (unpaired) electrons. The largest absolute Gasteiger partial charge is 0.366 e. The van der Waals surface area contributed by atoms with Crippen molar-refractivity contribution in [2.45, 2.75) is 50.8 Å². The number of para-hydroxylation sites is 1. The smallest absolute Gasteiger partial charge is 0.253 e. The van der Waals surface area contributed by atoms with Gasteiger partial charge in [-0.05, 0) is 38.3 Å². The number of carbonyl (C=O) groups excluding carboxylic acids is 1. The highest BCUT2D eigenvalue weighted by Gasteiger charge is 2.40. The number of imidazole rings is 1. The van der Waals surface area contributed by atoms with Crippen molar-refractivity contribution >= 4 is 5.91 Å². The van der Waals surface area contributed by atoms with E-state index in [1.54, 1.807) is 0 Å². The number of morpholine rings is 1. The number of benzene rings is 1. The Kier molecular flexibility index (Phi) is 6.79. The average molecular weight is 414 g/mol. The lowest BCUT2D eigenvalue weighted by molar-refractivity contribution is -0.148. The van der Waals surface area contributed by atoms with E-state index in [0.29, 0.717) is 19.7 Å². The van der Waals surface area contributed by atoms with Crippen LogP contribution in [0.4, 0.5) is 0 Å². The van der Waals surface area contributed by atoms with Crippen molar-refractivity contribution in [1.29, 1.82) is 0 Å². The SMILES string of the molecule is C[C@H](c1cn(-c2ccccc2)c(CCCNO)n1)N(C(=O)[C@H]1CNCCO1)C1CC1. The molecule has 3 N–H and O–H groups in total. The summed E-state index contributed by atoms with van der Waals surface area (Å²) >= 11 is 0. The summed E-state index contributed by atoms with van der Waals surface area (Å²) in [6.07, 6.45) is 5.18. The Morgan fingerprint density at radius 3 is 2.87 bits per heavy atom. The number of ether oxygens (including phenoxy) is 1. The topological polar surface area (TPSA) is 91.7 Å². The zero-order chi connectivity index (χ0) is 20.9. The van der Waals surface area contributed by atoms with E-state index < -0.39 is 6.10 Å². The van der Waals surface area contributed by atoms with Gasteiger partial charge in [-0.2, -0.15) is 0 Å². The van der Waals surface area contributed by atoms with Crippen LogP contribution in [0.5, 0.6) is 0 Å². The Morgan fingerprint density at radius 2 is 2.20 bits per heavy atom. The van der Waals surface area contributed by atoms with Crippen LogP contribution in [0.2, 0.25) is 0 Å². The maximum absolute atomic E-state index is 13.3. The molecule has 4 rings (SSSR count). The van der Waals surface area contributed by atoms with Gasteiger partial charge in [0.25, 0.3) is 5.91 Å². The minimum absolute atomic E-state index is 0.0532. The van der Waals surface area contributed by atoms with Crippen molar-refractivity contribution in [2.75, 3.05) is 26.2 Å². The number of aryl methyl sites for hydroxylation is 1. The second-order valence-corrected chi connectivity index (χ2v) is 8.02. The first-order valence-corrected chi connectivity index (χ1v) is 10.8. The lowest BCUT2D eigenvalue weighted by atomic mass is 10.1. The lowest BCUT2D eigenvalue weighted by Gasteiger charge is -2.33. The summed E-state index contributed by atoms with van der Waals surface area (Å²) in [7, 11) is 0. The van der Waals surface area contributed by atoms with Gasteiger partial charge in [-0.1, -0.05) is 18.2 Å². The highest BCUT2D eigenvalue weighted by atomic mass is 16.5. The maximum atomic E-state index is 13.3. The van der Waals surface area contributed by atoms with Crippen LogP contribution in [0.15, 0.2) is 36.5 Å². The van der Waals surface area contributed by atoms with Gasteiger partial charge in [-0.15, -0.1) is 0 Å². The van der Waals surface area contributed by atoms with Crippen LogP contribution in [-0.4, -0.2) is 64.0 Å². The van der Waals surface area contributed by atoms with E-state index in [1.807, 2.05) is 29.3 Å². The highest BCUT2D eigenvalue weighted by molar-refractivity contribution is 5.82. The Hall–Kier alpha value is -2.26. The van der Waals surface area contributed by atoms with E-state index in [-0.39, 0.29) is 18.0 Å². The molecule has 1 aromatic heterocycles. The number of nitrogens with zero attached hydrogens (tertiary/aromatic N) is 3. The molecule has 8 heteroatoms. The van der Waals surface area contributed by atoms with Crippen molar-refractivity contribution in [3.8, 4) is 5.69 Å². The van der Waals surface area contributed by atoms with E-state index in [2.05, 4.69) is 34.4 Å². The van der Waals surface area contributed by atoms with Crippen LogP contribution >= 0.6 is 0 Å². The summed E-state index contributed by atoms with van der Waals surface area (Å²) in [6.45, 7) is 4.48. The summed E-state index contributed by atoms with van der Waals surface area (Å²) in [6, 6.07) is 10.2. The Balaban J connectivity index is 1.60. The summed E-state index contributed by atoms with van der Waals surface area (Å²) in [5.41, 5.74) is 4.14. The molecule has 1 saturated heterocycles. The van der Waals surface area contributed by atoms with E-state index >= 15 is 0 Å². The van der Waals surface area contributed by atoms with Gasteiger partial charge in [0, 0.05) is 44.0 Å². The van der Waals surface area contributed by atoms with Gasteiger partial charge in [0.2, 0.25) is 0 Å². The molecule has 1 aromatic carbocycles. The first kappa shape index (κ1) is 21.0. The molecule has 8 nitrogen and oxygen atoms in total. The zero-order valence-electron chi connectivity index (χ0n) is 17.5. The molecule has 0 unspecified atom stereocenters. The van der Waals surface area contributed by atoms with Crippen molar-refractivity contribution in [3.05, 3.63) is 48.0 Å². The number of amides is 1. The van der Waals surface area contributed by atoms with Crippen molar-refractivity contribution in [2.24, 2.45) is 0 Å². The Labute approximate surface area is 177 Å². The molecule has 2 aromatic rings. The van der Waals surface area contributed by atoms with Crippen molar-refractivity contribution < 1.29 is 14.7 Å². The number of carbonyl (C=O) groups is 1. The molecule has 1 aliphatic heterocycles. The molecule has 0 bridgehead atoms. The van der Waals surface area contributed by atoms with Crippen molar-refractivity contribution in [1.82, 2.24) is 25.2 Å². The number of rotatable bonds is 9. The second kappa shape index (κ2) is 9.70. The normalized spacial score (nSPS) is 20.1. The predicted octanol–water partition coefficient (Wildman–Crippen LogP) is 1.82. The van der Waals surface area contributed by atoms with Crippen LogP contribution in [0.3, 0.4) is 0 Å². The van der Waals surface area contributed by atoms with E-state index in [9.17, 15) is 4.79 Å². The molecule has 1 amide bonds. The molecule has 2 fully saturated rings. The fourth-order valence-corrected chi connectivity index (χ4v) is 4.03. The van der Waals surface area contributed by atoms with E-state index in [0.717, 1.165) is 49.4 Å². The number of aromatic nitrogens is 2. The van der Waals surface area contributed by atoms with Gasteiger partial charge in [-0.25, -0.2) is 10.5 Å². The Morgan fingerprint density at radius 1 is 1.40 bits per heavy atom. The molecule has 1 saturated carbocycles. The average Bonchev–Trinajstić information content (AvgIpc) is 3.53. The lowest BCUT2D eigenvalue weighted by Crippen LogP contribution is -2.50. The molecule has 2 atom stereocenters. The minimum atomic E-state index is -0.423. The molecule has 1 aliphatic carbocycles. The fraction of sp³-hybridized carbons (Fsp3) is 0.545. The summed E-state index contributed by atoms with van der Waals surface area (Å²) in [5, 5.41) is 12.2. The van der Waals surface area contributed by atoms with Gasteiger partial charge < -0.3 is 24.7 Å². The van der Waals surface area contributed by atoms with Gasteiger partial charge in [0.1, 0.15) is 11.9 Å². The summed E-state index contributed by atoms with van der Waals surface area (Å²) in [4.78, 5) is 20.2. The standard InChI is InChI=1S/C22H31N5O3/c1-16(27(18-9-10-18)22(28)20-14-23-12-13-30-20)19-15-26(17-6-3-2-4-7-17)21(25-19)8-5-11-24-29/h2-4,6-7,15-16,18,20,23-24,29H,5,8-14H2,1H3/t16-,20-/m1/s1. The molecular formula is C22H31N5O3. The number of hydrogen-bond acceptors (Lipinski definition) is 6. The third-order valence-electron chi connectivity index (χ3n) is 5.76. The van der Waals surface area contributed by atoms with Gasteiger partial charge in [0.15, 0.2) is 0 Å². The molecule has 0 spiro atoms. The third kappa shape index (κ3) is 4.73. The van der Waals surface area contributed by atoms with E-state index in [4.69, 9.17) is 14.9 Å². The van der Waals surface area contributed by atoms with Crippen molar-refractivity contribution in [3.63, 3.8) is 0 Å². The van der Waals surface area contributed by atoms with Crippen LogP contribution in [0.1, 0.15) is 43.7 Å². The fourth-order valence-electron chi connectivity index (χ4n) is 4.03. The predicted molar refractivity (Wildman–Crippen MR) is 113 cm³/mol. The van der Waals surface area contributed by atoms with Crippen LogP contribution in [-0.2, 0) is 16.0 Å². The van der Waals surface area contributed by atoms with Gasteiger partial charge >= 0.3 is 0 Å². The number of nitrogens with one attached hydrogen (secondary N) is 2. The minimum Gasteiger partial charge on any atom is -0.366 e. The van der Waals surface area contributed by atoms with Crippen LogP contribution in [0, 0.1) is 0 Å². The molecule has 2 heterocycles. The Bertz CT molecular complexity index is 831. The van der Waals surface area contributed by atoms with Crippen LogP contribution < -0.4 is 10.8 Å². The molecule has 162 valence electrons. The van der Waals surface area contributed by atoms with Gasteiger partial charge in [0.05, 0.1) is 18.3 Å². The van der Waals surface area contributed by atoms with Gasteiger partial charge in [-0.3, -0.25) is 4.79 Å². The third-order valence-corrected chi connectivity index (χ3v) is 5.76. The number of hydrogen-bond donors (Lipinski definition) is 3. The zero-order valence-corrected chi connectivity index (χ0v) is 17.5. The quantitative estimate of drug-likeness (QED) is 0.429. The maximum Gasteiger partial charge on any atom is 0.253 e. The molecule has 2 aliphatic rings. The second-order valence-electron chi connectivity index (χ2n) is 8.02. The summed E-state index contributed by atoms with van der Waals surface area (Å²) in [5.74, 6) is 0.981. The molecule has 30 heavy (non-hydrogen) atoms. The highest BCUT2D eigenvalue weighted by Crippen LogP contribution is 2.35. The molecular weight excluding hydrogens is 382 g/mol. The van der Waals surface area contributed by atoms with Crippen LogP contribution in [0.25, 0.3) is 5.69 Å². The number of hydroxylamine groups is 1. The summed E-state index contributed by atoms with van der Waals surface area (Å²) < 4.78 is 7.83.